The monoisotopic (exact) mass is 896 g/mol. The van der Waals surface area contributed by atoms with Crippen LogP contribution in [0.15, 0.2) is 81.2 Å². The first kappa shape index (κ1) is 41.8. The Bertz CT molecular complexity index is 3320. The van der Waals surface area contributed by atoms with Gasteiger partial charge >= 0.3 is 11.4 Å². The van der Waals surface area contributed by atoms with Crippen molar-refractivity contribution in [3.8, 4) is 17.2 Å². The van der Waals surface area contributed by atoms with Crippen LogP contribution in [0.3, 0.4) is 0 Å². The summed E-state index contributed by atoms with van der Waals surface area (Å²) in [6.45, 7) is 11.1. The average molecular weight is 897 g/mol. The molecule has 2 aliphatic heterocycles. The number of nitrogens with zero attached hydrogens (tertiary/aromatic N) is 8. The maximum absolute atomic E-state index is 16.1. The number of ether oxygens (including phenoxy) is 1. The number of benzene rings is 3. The van der Waals surface area contributed by atoms with Gasteiger partial charge in [0.2, 0.25) is 0 Å². The number of amides is 1. The van der Waals surface area contributed by atoms with Crippen LogP contribution < -0.4 is 11.4 Å². The highest BCUT2D eigenvalue weighted by Crippen LogP contribution is 2.45. The molecule has 3 unspecified atom stereocenters. The molecule has 2 aliphatic carbocycles. The Labute approximate surface area is 377 Å². The van der Waals surface area contributed by atoms with Crippen LogP contribution in [0.1, 0.15) is 115 Å². The molecule has 15 nitrogen and oxygen atoms in total. The van der Waals surface area contributed by atoms with Crippen molar-refractivity contribution in [3.05, 3.63) is 139 Å². The molecule has 7 heterocycles. The van der Waals surface area contributed by atoms with E-state index in [1.807, 2.05) is 16.8 Å². The lowest BCUT2D eigenvalue weighted by Crippen LogP contribution is -2.36. The molecule has 2 saturated carbocycles. The molecule has 1 saturated heterocycles. The van der Waals surface area contributed by atoms with Gasteiger partial charge in [-0.3, -0.25) is 28.1 Å². The van der Waals surface area contributed by atoms with E-state index in [0.717, 1.165) is 55.3 Å². The van der Waals surface area contributed by atoms with Crippen molar-refractivity contribution in [2.45, 2.75) is 103 Å². The van der Waals surface area contributed by atoms with Gasteiger partial charge in [0.1, 0.15) is 17.3 Å². The fourth-order valence-corrected chi connectivity index (χ4v) is 9.91. The van der Waals surface area contributed by atoms with Gasteiger partial charge in [0.25, 0.3) is 5.91 Å². The Morgan fingerprint density at radius 3 is 2.42 bits per heavy atom. The van der Waals surface area contributed by atoms with Crippen LogP contribution in [0.25, 0.3) is 39.0 Å². The van der Waals surface area contributed by atoms with E-state index in [0.29, 0.717) is 81.3 Å². The summed E-state index contributed by atoms with van der Waals surface area (Å²) >= 11 is 0. The van der Waals surface area contributed by atoms with Crippen LogP contribution in [0.4, 0.5) is 8.78 Å². The van der Waals surface area contributed by atoms with E-state index >= 15 is 4.39 Å². The molecule has 3 atom stereocenters. The lowest BCUT2D eigenvalue weighted by atomic mass is 9.83. The minimum absolute atomic E-state index is 0.101. The second-order valence-electron chi connectivity index (χ2n) is 19.1. The van der Waals surface area contributed by atoms with Crippen LogP contribution in [0, 0.1) is 31.4 Å². The number of carbonyl (C=O) groups excluding carboxylic acids is 1. The van der Waals surface area contributed by atoms with Gasteiger partial charge in [-0.15, -0.1) is 0 Å². The summed E-state index contributed by atoms with van der Waals surface area (Å²) in [6, 6.07) is 15.4. The van der Waals surface area contributed by atoms with Gasteiger partial charge < -0.3 is 14.6 Å². The molecule has 3 fully saturated rings. The molecular weight excluding hydrogens is 847 g/mol. The standard InChI is InChI=1S/C43H42F2N8O3.C6H8N2O2/c1-24-17-30(18-25(2)38(24)44)53-40(51-15-14-50(42(51)55)37-10-9-36-31(39(37)45)22-46-52(36)29-6-7-29)32-23-49(13-11-34(32)48-53)41(54)35-20-28-19-26(5-8-33(28)47-35)27-12-16-56-43(3,4)21-27;1-3-2-4(3)5-7-6(9)10-8-5/h5,8-10,14-15,17-20,22,27,29,47H,6-7,11-13,16,21,23H2,1-4H3;3-4H,2H2,1H3,(H,7,8,9). The third-order valence-electron chi connectivity index (χ3n) is 13.8. The number of aryl methyl sites for hydroxylation is 2. The number of rotatable bonds is 7. The first-order chi connectivity index (χ1) is 31.7. The summed E-state index contributed by atoms with van der Waals surface area (Å²) < 4.78 is 47.5. The molecule has 8 aromatic rings. The summed E-state index contributed by atoms with van der Waals surface area (Å²) in [7, 11) is 0. The maximum atomic E-state index is 16.1. The summed E-state index contributed by atoms with van der Waals surface area (Å²) in [6.07, 6.45) is 10.1. The first-order valence-electron chi connectivity index (χ1n) is 22.7. The zero-order valence-electron chi connectivity index (χ0n) is 37.4. The number of H-pyrrole nitrogens is 2. The van der Waals surface area contributed by atoms with Crippen molar-refractivity contribution in [1.29, 1.82) is 0 Å². The topological polar surface area (TPSA) is 167 Å². The number of hydrogen-bond acceptors (Lipinski definition) is 8. The van der Waals surface area contributed by atoms with Gasteiger partial charge in [0.05, 0.1) is 52.4 Å². The Hall–Kier alpha value is -6.88. The quantitative estimate of drug-likeness (QED) is 0.161. The summed E-state index contributed by atoms with van der Waals surface area (Å²) in [5.74, 6) is 1.12. The smallest absolute Gasteiger partial charge is 0.376 e. The van der Waals surface area contributed by atoms with E-state index in [-0.39, 0.29) is 35.6 Å². The van der Waals surface area contributed by atoms with E-state index in [1.54, 1.807) is 53.9 Å². The second kappa shape index (κ2) is 15.6. The van der Waals surface area contributed by atoms with E-state index < -0.39 is 17.3 Å². The third kappa shape index (κ3) is 7.38. The number of aromatic nitrogens is 9. The van der Waals surface area contributed by atoms with Gasteiger partial charge in [0.15, 0.2) is 11.6 Å². The van der Waals surface area contributed by atoms with Gasteiger partial charge in [-0.1, -0.05) is 18.1 Å². The van der Waals surface area contributed by atoms with Gasteiger partial charge in [0, 0.05) is 54.4 Å². The normalized spacial score (nSPS) is 20.1. The molecule has 4 aliphatic rings. The predicted octanol–water partition coefficient (Wildman–Crippen LogP) is 8.23. The summed E-state index contributed by atoms with van der Waals surface area (Å²) in [5.41, 5.74) is 5.56. The Morgan fingerprint density at radius 1 is 0.939 bits per heavy atom. The lowest BCUT2D eigenvalue weighted by Gasteiger charge is -2.35. The summed E-state index contributed by atoms with van der Waals surface area (Å²) in [5, 5.41) is 14.3. The minimum Gasteiger partial charge on any atom is -0.376 e. The Morgan fingerprint density at radius 2 is 1.71 bits per heavy atom. The zero-order valence-corrected chi connectivity index (χ0v) is 37.4. The van der Waals surface area contributed by atoms with Crippen molar-refractivity contribution in [3.63, 3.8) is 0 Å². The first-order valence-corrected chi connectivity index (χ1v) is 22.7. The van der Waals surface area contributed by atoms with Gasteiger partial charge in [-0.25, -0.2) is 23.1 Å². The average Bonchev–Trinajstić information content (AvgIpc) is 3.89. The highest BCUT2D eigenvalue weighted by atomic mass is 19.1. The molecule has 0 spiro atoms. The molecule has 0 bridgehead atoms. The van der Waals surface area contributed by atoms with Crippen molar-refractivity contribution >= 4 is 27.7 Å². The Kier molecular flexibility index (Phi) is 9.90. The van der Waals surface area contributed by atoms with Crippen LogP contribution in [0.5, 0.6) is 0 Å². The number of halogens is 2. The van der Waals surface area contributed by atoms with E-state index in [4.69, 9.17) is 9.84 Å². The molecule has 340 valence electrons. The zero-order chi connectivity index (χ0) is 45.8. The molecule has 2 N–H and O–H groups in total. The van der Waals surface area contributed by atoms with Gasteiger partial charge in [-0.05, 0) is 131 Å². The number of imidazole rings is 1. The molecule has 66 heavy (non-hydrogen) atoms. The largest absolute Gasteiger partial charge is 0.438 e. The predicted molar refractivity (Wildman–Crippen MR) is 242 cm³/mol. The van der Waals surface area contributed by atoms with Crippen LogP contribution in [0.2, 0.25) is 0 Å². The Balaban J connectivity index is 0.000000424. The maximum Gasteiger partial charge on any atom is 0.438 e. The second-order valence-corrected chi connectivity index (χ2v) is 19.1. The van der Waals surface area contributed by atoms with Crippen LogP contribution >= 0.6 is 0 Å². The van der Waals surface area contributed by atoms with Gasteiger partial charge in [-0.2, -0.15) is 10.2 Å². The number of nitrogens with one attached hydrogen (secondary N) is 2. The fraction of sp³-hybridized carbons (Fsp3) is 0.388. The highest BCUT2D eigenvalue weighted by molar-refractivity contribution is 5.98. The number of hydrogen-bond donors (Lipinski definition) is 2. The molecule has 3 aromatic carbocycles. The molecule has 1 amide bonds. The number of carbonyl (C=O) groups is 1. The number of fused-ring (bicyclic) bond motifs is 3. The summed E-state index contributed by atoms with van der Waals surface area (Å²) in [4.78, 5) is 46.7. The van der Waals surface area contributed by atoms with E-state index in [1.165, 1.54) is 27.1 Å². The van der Waals surface area contributed by atoms with Crippen molar-refractivity contribution < 1.29 is 22.8 Å². The van der Waals surface area contributed by atoms with Crippen molar-refractivity contribution in [2.24, 2.45) is 5.92 Å². The van der Waals surface area contributed by atoms with Crippen molar-refractivity contribution in [2.75, 3.05) is 13.2 Å². The third-order valence-corrected chi connectivity index (χ3v) is 13.8. The van der Waals surface area contributed by atoms with Crippen molar-refractivity contribution in [1.82, 2.24) is 48.7 Å². The number of aromatic amines is 2. The SMILES string of the molecule is CC1CC1c1noc(=O)[nH]1.Cc1cc(-n2nc3c(c2-n2ccn(-c4ccc5c(cnn5C5CC5)c4F)c2=O)CN(C(=O)c2cc4cc(C5CCOC(C)(C)C5)ccc4[nH]2)CC3)cc(C)c1F. The van der Waals surface area contributed by atoms with E-state index in [9.17, 15) is 18.8 Å². The lowest BCUT2D eigenvalue weighted by molar-refractivity contribution is -0.0592. The molecule has 0 radical (unpaired) electrons. The molecular formula is C49H50F2N10O5. The van der Waals surface area contributed by atoms with Crippen LogP contribution in [-0.2, 0) is 17.7 Å². The van der Waals surface area contributed by atoms with Crippen LogP contribution in [-0.4, -0.2) is 73.4 Å². The van der Waals surface area contributed by atoms with E-state index in [2.05, 4.69) is 57.7 Å². The molecule has 12 rings (SSSR count). The highest BCUT2D eigenvalue weighted by Gasteiger charge is 2.37. The fourth-order valence-electron chi connectivity index (χ4n) is 9.91. The molecule has 17 heteroatoms. The minimum atomic E-state index is -0.534. The molecule has 5 aromatic heterocycles.